The molecule has 2 heterocycles. The highest BCUT2D eigenvalue weighted by Gasteiger charge is 2.18. The molecule has 0 aromatic heterocycles. The summed E-state index contributed by atoms with van der Waals surface area (Å²) in [6, 6.07) is 8.55. The van der Waals surface area contributed by atoms with E-state index in [4.69, 9.17) is 0 Å². The molecule has 2 saturated heterocycles. The number of amides is 1. The minimum Gasteiger partial charge on any atom is -0.372 e. The summed E-state index contributed by atoms with van der Waals surface area (Å²) in [6.07, 6.45) is 5.49. The topological polar surface area (TPSA) is 23.6 Å². The SMILES string of the molecule is O=C(Cc1ccc(N2CCCC2)cc1)N1CCCC1. The van der Waals surface area contributed by atoms with Gasteiger partial charge in [-0.15, -0.1) is 0 Å². The van der Waals surface area contributed by atoms with E-state index in [0.29, 0.717) is 6.42 Å². The van der Waals surface area contributed by atoms with Crippen LogP contribution in [0.5, 0.6) is 0 Å². The van der Waals surface area contributed by atoms with Crippen LogP contribution in [0.1, 0.15) is 31.2 Å². The van der Waals surface area contributed by atoms with Crippen LogP contribution in [0, 0.1) is 0 Å². The molecule has 102 valence electrons. The summed E-state index contributed by atoms with van der Waals surface area (Å²) in [4.78, 5) is 16.5. The Bertz CT molecular complexity index is 429. The molecular formula is C16H22N2O. The molecule has 0 aliphatic carbocycles. The fourth-order valence-corrected chi connectivity index (χ4v) is 3.05. The molecule has 0 saturated carbocycles. The number of anilines is 1. The Balaban J connectivity index is 1.60. The third kappa shape index (κ3) is 2.91. The molecule has 0 radical (unpaired) electrons. The first-order chi connectivity index (χ1) is 9.33. The van der Waals surface area contributed by atoms with E-state index in [0.717, 1.165) is 18.7 Å². The van der Waals surface area contributed by atoms with Crippen molar-refractivity contribution in [3.05, 3.63) is 29.8 Å². The molecule has 3 rings (SSSR count). The van der Waals surface area contributed by atoms with Crippen molar-refractivity contribution in [3.8, 4) is 0 Å². The van der Waals surface area contributed by atoms with Crippen molar-refractivity contribution in [2.24, 2.45) is 0 Å². The number of hydrogen-bond acceptors (Lipinski definition) is 2. The Labute approximate surface area is 115 Å². The van der Waals surface area contributed by atoms with Gasteiger partial charge >= 0.3 is 0 Å². The number of likely N-dealkylation sites (tertiary alicyclic amines) is 1. The maximum Gasteiger partial charge on any atom is 0.226 e. The Morgan fingerprint density at radius 3 is 2.11 bits per heavy atom. The lowest BCUT2D eigenvalue weighted by molar-refractivity contribution is -0.129. The molecule has 0 spiro atoms. The molecule has 1 aromatic carbocycles. The first kappa shape index (κ1) is 12.5. The Morgan fingerprint density at radius 2 is 1.47 bits per heavy atom. The number of carbonyl (C=O) groups is 1. The minimum atomic E-state index is 0.284. The highest BCUT2D eigenvalue weighted by Crippen LogP contribution is 2.21. The van der Waals surface area contributed by atoms with Gasteiger partial charge < -0.3 is 9.80 Å². The molecule has 0 atom stereocenters. The van der Waals surface area contributed by atoms with Gasteiger partial charge in [0, 0.05) is 31.9 Å². The number of rotatable bonds is 3. The largest absolute Gasteiger partial charge is 0.372 e. The monoisotopic (exact) mass is 258 g/mol. The van der Waals surface area contributed by atoms with E-state index in [2.05, 4.69) is 29.2 Å². The fourth-order valence-electron chi connectivity index (χ4n) is 3.05. The van der Waals surface area contributed by atoms with Gasteiger partial charge in [0.05, 0.1) is 6.42 Å². The molecular weight excluding hydrogens is 236 g/mol. The maximum atomic E-state index is 12.1. The lowest BCUT2D eigenvalue weighted by atomic mass is 10.1. The van der Waals surface area contributed by atoms with Crippen LogP contribution < -0.4 is 4.90 Å². The van der Waals surface area contributed by atoms with Gasteiger partial charge in [-0.05, 0) is 43.4 Å². The summed E-state index contributed by atoms with van der Waals surface area (Å²) >= 11 is 0. The van der Waals surface area contributed by atoms with Crippen molar-refractivity contribution in [3.63, 3.8) is 0 Å². The number of nitrogens with zero attached hydrogens (tertiary/aromatic N) is 2. The van der Waals surface area contributed by atoms with Gasteiger partial charge in [-0.25, -0.2) is 0 Å². The molecule has 1 amide bonds. The van der Waals surface area contributed by atoms with Crippen LogP contribution in [0.2, 0.25) is 0 Å². The first-order valence-corrected chi connectivity index (χ1v) is 7.44. The second-order valence-corrected chi connectivity index (χ2v) is 5.63. The average molecular weight is 258 g/mol. The van der Waals surface area contributed by atoms with E-state index in [1.54, 1.807) is 0 Å². The lowest BCUT2D eigenvalue weighted by Crippen LogP contribution is -2.29. The predicted molar refractivity (Wildman–Crippen MR) is 77.4 cm³/mol. The minimum absolute atomic E-state index is 0.284. The van der Waals surface area contributed by atoms with Crippen LogP contribution in [0.15, 0.2) is 24.3 Å². The van der Waals surface area contributed by atoms with Crippen LogP contribution in [-0.4, -0.2) is 37.0 Å². The van der Waals surface area contributed by atoms with E-state index in [-0.39, 0.29) is 5.91 Å². The lowest BCUT2D eigenvalue weighted by Gasteiger charge is -2.18. The zero-order valence-corrected chi connectivity index (χ0v) is 11.5. The molecule has 3 nitrogen and oxygen atoms in total. The molecule has 0 unspecified atom stereocenters. The second-order valence-electron chi connectivity index (χ2n) is 5.63. The van der Waals surface area contributed by atoms with Gasteiger partial charge in [-0.2, -0.15) is 0 Å². The van der Waals surface area contributed by atoms with Crippen LogP contribution in [0.25, 0.3) is 0 Å². The molecule has 1 aromatic rings. The van der Waals surface area contributed by atoms with E-state index in [9.17, 15) is 4.79 Å². The summed E-state index contributed by atoms with van der Waals surface area (Å²) in [6.45, 7) is 4.24. The predicted octanol–water partition coefficient (Wildman–Crippen LogP) is 2.45. The fraction of sp³-hybridized carbons (Fsp3) is 0.562. The van der Waals surface area contributed by atoms with Gasteiger partial charge in [0.1, 0.15) is 0 Å². The Kier molecular flexibility index (Phi) is 3.72. The first-order valence-electron chi connectivity index (χ1n) is 7.44. The van der Waals surface area contributed by atoms with E-state index < -0.39 is 0 Å². The van der Waals surface area contributed by atoms with Crippen molar-refractivity contribution >= 4 is 11.6 Å². The van der Waals surface area contributed by atoms with Crippen LogP contribution in [-0.2, 0) is 11.2 Å². The standard InChI is InChI=1S/C16H22N2O/c19-16(18-11-3-4-12-18)13-14-5-7-15(8-6-14)17-9-1-2-10-17/h5-8H,1-4,9-13H2. The molecule has 3 heteroatoms. The van der Waals surface area contributed by atoms with Gasteiger partial charge in [0.15, 0.2) is 0 Å². The molecule has 0 N–H and O–H groups in total. The Morgan fingerprint density at radius 1 is 0.895 bits per heavy atom. The second kappa shape index (κ2) is 5.64. The highest BCUT2D eigenvalue weighted by atomic mass is 16.2. The van der Waals surface area contributed by atoms with Crippen LogP contribution in [0.3, 0.4) is 0 Å². The van der Waals surface area contributed by atoms with E-state index in [1.807, 2.05) is 4.90 Å². The van der Waals surface area contributed by atoms with Crippen molar-refractivity contribution in [2.75, 3.05) is 31.1 Å². The molecule has 19 heavy (non-hydrogen) atoms. The normalized spacial score (nSPS) is 19.2. The summed E-state index contributed by atoms with van der Waals surface area (Å²) in [5.41, 5.74) is 2.44. The van der Waals surface area contributed by atoms with Crippen LogP contribution in [0.4, 0.5) is 5.69 Å². The number of carbonyl (C=O) groups excluding carboxylic acids is 1. The average Bonchev–Trinajstić information content (AvgIpc) is 3.13. The third-order valence-electron chi connectivity index (χ3n) is 4.22. The molecule has 2 aliphatic heterocycles. The van der Waals surface area contributed by atoms with E-state index >= 15 is 0 Å². The Hall–Kier alpha value is -1.51. The van der Waals surface area contributed by atoms with Crippen molar-refractivity contribution in [2.45, 2.75) is 32.1 Å². The third-order valence-corrected chi connectivity index (χ3v) is 4.22. The van der Waals surface area contributed by atoms with Crippen LogP contribution >= 0.6 is 0 Å². The molecule has 2 fully saturated rings. The zero-order valence-electron chi connectivity index (χ0n) is 11.5. The van der Waals surface area contributed by atoms with Gasteiger partial charge in [0.25, 0.3) is 0 Å². The molecule has 0 bridgehead atoms. The summed E-state index contributed by atoms with van der Waals surface area (Å²) < 4.78 is 0. The summed E-state index contributed by atoms with van der Waals surface area (Å²) in [5.74, 6) is 0.284. The number of benzene rings is 1. The maximum absolute atomic E-state index is 12.1. The summed E-state index contributed by atoms with van der Waals surface area (Å²) in [7, 11) is 0. The molecule has 2 aliphatic rings. The van der Waals surface area contributed by atoms with Gasteiger partial charge in [-0.3, -0.25) is 4.79 Å². The van der Waals surface area contributed by atoms with Crippen molar-refractivity contribution in [1.82, 2.24) is 4.90 Å². The van der Waals surface area contributed by atoms with Crippen molar-refractivity contribution in [1.29, 1.82) is 0 Å². The van der Waals surface area contributed by atoms with Gasteiger partial charge in [0.2, 0.25) is 5.91 Å². The van der Waals surface area contributed by atoms with Gasteiger partial charge in [-0.1, -0.05) is 12.1 Å². The highest BCUT2D eigenvalue weighted by molar-refractivity contribution is 5.79. The van der Waals surface area contributed by atoms with E-state index in [1.165, 1.54) is 44.5 Å². The van der Waals surface area contributed by atoms with Crippen molar-refractivity contribution < 1.29 is 4.79 Å². The summed E-state index contributed by atoms with van der Waals surface area (Å²) in [5, 5.41) is 0. The quantitative estimate of drug-likeness (QED) is 0.831. The number of hydrogen-bond donors (Lipinski definition) is 0. The zero-order chi connectivity index (χ0) is 13.1. The smallest absolute Gasteiger partial charge is 0.226 e.